The van der Waals surface area contributed by atoms with Crippen molar-refractivity contribution in [3.63, 3.8) is 0 Å². The quantitative estimate of drug-likeness (QED) is 0.480. The number of hydrogen-bond acceptors (Lipinski definition) is 3. The summed E-state index contributed by atoms with van der Waals surface area (Å²) in [7, 11) is 0. The van der Waals surface area contributed by atoms with Crippen molar-refractivity contribution in [2.45, 2.75) is 0 Å². The number of benzene rings is 1. The highest BCUT2D eigenvalue weighted by Gasteiger charge is 2.14. The largest absolute Gasteiger partial charge is 0.321 e. The normalized spacial score (nSPS) is 11.4. The van der Waals surface area contributed by atoms with E-state index >= 15 is 0 Å². The Hall–Kier alpha value is -2.50. The van der Waals surface area contributed by atoms with Crippen LogP contribution in [0, 0.1) is 0 Å². The number of halogens is 1. The molecular weight excluding hydrogens is 396 g/mol. The summed E-state index contributed by atoms with van der Waals surface area (Å²) < 4.78 is 0.969. The number of rotatable bonds is 3. The van der Waals surface area contributed by atoms with E-state index in [1.807, 2.05) is 66.1 Å². The SMILES string of the molecule is O=c1[nH]c2ccc(Br)cc2c(/C=C/c2ccccn2)c1-c1cccs1. The first-order valence-electron chi connectivity index (χ1n) is 7.71. The van der Waals surface area contributed by atoms with Gasteiger partial charge in [0, 0.05) is 26.4 Å². The van der Waals surface area contributed by atoms with Gasteiger partial charge in [-0.1, -0.05) is 34.1 Å². The third-order valence-electron chi connectivity index (χ3n) is 3.89. The Morgan fingerprint density at radius 1 is 1.08 bits per heavy atom. The molecule has 0 aliphatic rings. The maximum Gasteiger partial charge on any atom is 0.257 e. The van der Waals surface area contributed by atoms with Gasteiger partial charge in [-0.05, 0) is 53.4 Å². The molecule has 0 atom stereocenters. The van der Waals surface area contributed by atoms with E-state index in [1.165, 1.54) is 0 Å². The molecule has 4 aromatic rings. The summed E-state index contributed by atoms with van der Waals surface area (Å²) in [5.74, 6) is 0. The maximum absolute atomic E-state index is 12.7. The van der Waals surface area contributed by atoms with Gasteiger partial charge in [-0.3, -0.25) is 9.78 Å². The molecule has 5 heteroatoms. The zero-order chi connectivity index (χ0) is 17.2. The lowest BCUT2D eigenvalue weighted by Crippen LogP contribution is -2.10. The Morgan fingerprint density at radius 3 is 2.76 bits per heavy atom. The van der Waals surface area contributed by atoms with Crippen LogP contribution in [0.15, 0.2) is 69.4 Å². The van der Waals surface area contributed by atoms with Gasteiger partial charge in [0.1, 0.15) is 0 Å². The molecule has 0 aliphatic carbocycles. The number of aromatic amines is 1. The first kappa shape index (κ1) is 16.0. The first-order valence-corrected chi connectivity index (χ1v) is 9.38. The van der Waals surface area contributed by atoms with Crippen LogP contribution in [0.4, 0.5) is 0 Å². The van der Waals surface area contributed by atoms with Crippen LogP contribution < -0.4 is 5.56 Å². The van der Waals surface area contributed by atoms with E-state index in [1.54, 1.807) is 17.5 Å². The molecule has 0 amide bonds. The summed E-state index contributed by atoms with van der Waals surface area (Å²) in [6, 6.07) is 15.6. The van der Waals surface area contributed by atoms with Crippen molar-refractivity contribution in [3.05, 3.63) is 86.2 Å². The van der Waals surface area contributed by atoms with Crippen LogP contribution in [0.25, 0.3) is 33.5 Å². The Kier molecular flexibility index (Phi) is 4.34. The average Bonchev–Trinajstić information content (AvgIpc) is 3.15. The van der Waals surface area contributed by atoms with Gasteiger partial charge >= 0.3 is 0 Å². The molecule has 0 spiro atoms. The molecule has 0 saturated carbocycles. The van der Waals surface area contributed by atoms with Gasteiger partial charge in [0.15, 0.2) is 0 Å². The van der Waals surface area contributed by atoms with Crippen molar-refractivity contribution >= 4 is 50.3 Å². The minimum atomic E-state index is -0.0852. The minimum Gasteiger partial charge on any atom is -0.321 e. The van der Waals surface area contributed by atoms with E-state index in [9.17, 15) is 4.79 Å². The molecule has 122 valence electrons. The van der Waals surface area contributed by atoms with Gasteiger partial charge < -0.3 is 4.98 Å². The zero-order valence-electron chi connectivity index (χ0n) is 13.1. The number of nitrogens with zero attached hydrogens (tertiary/aromatic N) is 1. The Labute approximate surface area is 156 Å². The first-order chi connectivity index (χ1) is 12.2. The van der Waals surface area contributed by atoms with Crippen LogP contribution in [0.5, 0.6) is 0 Å². The predicted octanol–water partition coefficient (Wildman–Crippen LogP) is 5.58. The van der Waals surface area contributed by atoms with Gasteiger partial charge in [0.25, 0.3) is 5.56 Å². The lowest BCUT2D eigenvalue weighted by molar-refractivity contribution is 1.29. The summed E-state index contributed by atoms with van der Waals surface area (Å²) in [5.41, 5.74) is 3.16. The van der Waals surface area contributed by atoms with Crippen LogP contribution in [0.3, 0.4) is 0 Å². The van der Waals surface area contributed by atoms with Crippen molar-refractivity contribution in [1.82, 2.24) is 9.97 Å². The minimum absolute atomic E-state index is 0.0852. The molecule has 1 aromatic carbocycles. The van der Waals surface area contributed by atoms with Crippen LogP contribution in [-0.2, 0) is 0 Å². The molecule has 0 bridgehead atoms. The third-order valence-corrected chi connectivity index (χ3v) is 5.27. The summed E-state index contributed by atoms with van der Waals surface area (Å²) in [5, 5.41) is 2.97. The Balaban J connectivity index is 2.01. The molecule has 0 saturated heterocycles. The highest BCUT2D eigenvalue weighted by Crippen LogP contribution is 2.31. The molecule has 0 fully saturated rings. The van der Waals surface area contributed by atoms with Crippen molar-refractivity contribution < 1.29 is 0 Å². The van der Waals surface area contributed by atoms with E-state index in [2.05, 4.69) is 25.9 Å². The average molecular weight is 409 g/mol. The summed E-state index contributed by atoms with van der Waals surface area (Å²) >= 11 is 5.09. The molecule has 25 heavy (non-hydrogen) atoms. The Morgan fingerprint density at radius 2 is 2.00 bits per heavy atom. The number of pyridine rings is 2. The smallest absolute Gasteiger partial charge is 0.257 e. The molecule has 0 radical (unpaired) electrons. The fourth-order valence-electron chi connectivity index (χ4n) is 2.77. The molecule has 3 heterocycles. The lowest BCUT2D eigenvalue weighted by atomic mass is 10.0. The van der Waals surface area contributed by atoms with Crippen molar-refractivity contribution in [2.24, 2.45) is 0 Å². The maximum atomic E-state index is 12.7. The topological polar surface area (TPSA) is 45.8 Å². The molecule has 4 rings (SSSR count). The molecule has 1 N–H and O–H groups in total. The van der Waals surface area contributed by atoms with E-state index in [4.69, 9.17) is 0 Å². The Bertz CT molecular complexity index is 1120. The summed E-state index contributed by atoms with van der Waals surface area (Å²) in [6.07, 6.45) is 5.67. The number of hydrogen-bond donors (Lipinski definition) is 1. The van der Waals surface area contributed by atoms with E-state index in [0.717, 1.165) is 31.5 Å². The van der Waals surface area contributed by atoms with Gasteiger partial charge in [-0.15, -0.1) is 11.3 Å². The van der Waals surface area contributed by atoms with E-state index in [0.29, 0.717) is 5.56 Å². The number of H-pyrrole nitrogens is 1. The summed E-state index contributed by atoms with van der Waals surface area (Å²) in [6.45, 7) is 0. The van der Waals surface area contributed by atoms with Crippen LogP contribution >= 0.6 is 27.3 Å². The van der Waals surface area contributed by atoms with E-state index in [-0.39, 0.29) is 5.56 Å². The highest BCUT2D eigenvalue weighted by molar-refractivity contribution is 9.10. The third kappa shape index (κ3) is 3.21. The number of thiophene rings is 1. The van der Waals surface area contributed by atoms with Gasteiger partial charge in [0.2, 0.25) is 0 Å². The fourth-order valence-corrected chi connectivity index (χ4v) is 3.91. The van der Waals surface area contributed by atoms with Crippen LogP contribution in [-0.4, -0.2) is 9.97 Å². The number of aromatic nitrogens is 2. The second-order valence-corrected chi connectivity index (χ2v) is 7.36. The van der Waals surface area contributed by atoms with Gasteiger partial charge in [-0.25, -0.2) is 0 Å². The van der Waals surface area contributed by atoms with Crippen molar-refractivity contribution in [3.8, 4) is 10.4 Å². The van der Waals surface area contributed by atoms with Gasteiger partial charge in [-0.2, -0.15) is 0 Å². The molecular formula is C20H13BrN2OS. The number of fused-ring (bicyclic) bond motifs is 1. The van der Waals surface area contributed by atoms with Crippen molar-refractivity contribution in [2.75, 3.05) is 0 Å². The molecule has 3 aromatic heterocycles. The molecule has 0 aliphatic heterocycles. The second-order valence-electron chi connectivity index (χ2n) is 5.50. The van der Waals surface area contributed by atoms with Crippen LogP contribution in [0.1, 0.15) is 11.3 Å². The molecule has 0 unspecified atom stereocenters. The monoisotopic (exact) mass is 408 g/mol. The standard InChI is InChI=1S/C20H13BrN2OS/c21-13-6-9-17-16(12-13)15(8-7-14-4-1-2-10-22-14)19(20(24)23-17)18-5-3-11-25-18/h1-12H,(H,23,24)/b8-7+. The highest BCUT2D eigenvalue weighted by atomic mass is 79.9. The van der Waals surface area contributed by atoms with E-state index < -0.39 is 0 Å². The lowest BCUT2D eigenvalue weighted by Gasteiger charge is -2.09. The van der Waals surface area contributed by atoms with Crippen LogP contribution in [0.2, 0.25) is 0 Å². The fraction of sp³-hybridized carbons (Fsp3) is 0. The molecule has 3 nitrogen and oxygen atoms in total. The predicted molar refractivity (Wildman–Crippen MR) is 109 cm³/mol. The van der Waals surface area contributed by atoms with Gasteiger partial charge in [0.05, 0.1) is 11.3 Å². The zero-order valence-corrected chi connectivity index (χ0v) is 15.5. The second kappa shape index (κ2) is 6.78. The van der Waals surface area contributed by atoms with Crippen molar-refractivity contribution in [1.29, 1.82) is 0 Å². The summed E-state index contributed by atoms with van der Waals surface area (Å²) in [4.78, 5) is 21.0. The number of nitrogens with one attached hydrogen (secondary N) is 1.